The van der Waals surface area contributed by atoms with Crippen molar-refractivity contribution in [2.24, 2.45) is 10.9 Å². The van der Waals surface area contributed by atoms with Crippen LogP contribution in [0, 0.1) is 5.92 Å². The van der Waals surface area contributed by atoms with Gasteiger partial charge in [-0.1, -0.05) is 13.3 Å². The third-order valence-electron chi connectivity index (χ3n) is 3.62. The summed E-state index contributed by atoms with van der Waals surface area (Å²) in [6, 6.07) is 0. The minimum absolute atomic E-state index is 0.165. The first-order valence-electron chi connectivity index (χ1n) is 8.37. The van der Waals surface area contributed by atoms with Crippen LogP contribution >= 0.6 is 0 Å². The molecule has 0 radical (unpaired) electrons. The molecule has 2 N–H and O–H groups in total. The van der Waals surface area contributed by atoms with Gasteiger partial charge in [0.1, 0.15) is 0 Å². The number of guanidine groups is 1. The summed E-state index contributed by atoms with van der Waals surface area (Å²) in [5, 5.41) is 6.60. The molecule has 22 heavy (non-hydrogen) atoms. The zero-order valence-electron chi connectivity index (χ0n) is 13.9. The molecule has 1 atom stereocenters. The first kappa shape index (κ1) is 19.2. The highest BCUT2D eigenvalue weighted by Crippen LogP contribution is 2.18. The summed E-state index contributed by atoms with van der Waals surface area (Å²) in [6.07, 6.45) is 3.89. The predicted molar refractivity (Wildman–Crippen MR) is 91.1 cm³/mol. The fraction of sp³-hybridized carbons (Fsp3) is 0.933. The Kier molecular flexibility index (Phi) is 9.47. The average molecular weight is 333 g/mol. The van der Waals surface area contributed by atoms with E-state index in [-0.39, 0.29) is 11.7 Å². The van der Waals surface area contributed by atoms with E-state index in [0.29, 0.717) is 12.3 Å². The smallest absolute Gasteiger partial charge is 0.191 e. The van der Waals surface area contributed by atoms with Crippen LogP contribution in [0.1, 0.15) is 39.5 Å². The highest BCUT2D eigenvalue weighted by molar-refractivity contribution is 7.91. The molecular weight excluding hydrogens is 302 g/mol. The molecule has 1 aliphatic heterocycles. The molecule has 7 heteroatoms. The summed E-state index contributed by atoms with van der Waals surface area (Å²) < 4.78 is 28.3. The van der Waals surface area contributed by atoms with Crippen molar-refractivity contribution in [3.05, 3.63) is 0 Å². The first-order chi connectivity index (χ1) is 10.6. The van der Waals surface area contributed by atoms with Crippen molar-refractivity contribution in [3.63, 3.8) is 0 Å². The number of rotatable bonds is 10. The number of unbranched alkanes of at least 4 members (excludes halogenated alkanes) is 1. The third kappa shape index (κ3) is 8.58. The van der Waals surface area contributed by atoms with Crippen molar-refractivity contribution in [1.29, 1.82) is 0 Å². The molecule has 0 aliphatic carbocycles. The fourth-order valence-electron chi connectivity index (χ4n) is 2.32. The van der Waals surface area contributed by atoms with Gasteiger partial charge in [0.15, 0.2) is 15.8 Å². The van der Waals surface area contributed by atoms with Crippen LogP contribution in [0.2, 0.25) is 0 Å². The highest BCUT2D eigenvalue weighted by Gasteiger charge is 2.27. The molecule has 0 aromatic rings. The summed E-state index contributed by atoms with van der Waals surface area (Å²) in [5.41, 5.74) is 0. The van der Waals surface area contributed by atoms with E-state index in [4.69, 9.17) is 4.74 Å². The molecule has 0 aromatic carbocycles. The van der Waals surface area contributed by atoms with Crippen molar-refractivity contribution < 1.29 is 13.2 Å². The minimum Gasteiger partial charge on any atom is -0.382 e. The number of nitrogens with zero attached hydrogens (tertiary/aromatic N) is 1. The number of ether oxygens (including phenoxy) is 1. The molecular formula is C15H31N3O3S. The van der Waals surface area contributed by atoms with Crippen molar-refractivity contribution in [1.82, 2.24) is 10.6 Å². The normalized spacial score (nSPS) is 21.0. The Bertz CT molecular complexity index is 424. The summed E-state index contributed by atoms with van der Waals surface area (Å²) in [5.74, 6) is 1.55. The maximum Gasteiger partial charge on any atom is 0.191 e. The molecule has 1 rings (SSSR count). The second-order valence-electron chi connectivity index (χ2n) is 5.72. The fourth-order valence-corrected chi connectivity index (χ4v) is 4.17. The van der Waals surface area contributed by atoms with Gasteiger partial charge < -0.3 is 15.4 Å². The van der Waals surface area contributed by atoms with Gasteiger partial charge in [0.25, 0.3) is 0 Å². The second kappa shape index (κ2) is 10.8. The monoisotopic (exact) mass is 333 g/mol. The van der Waals surface area contributed by atoms with Crippen LogP contribution in [0.15, 0.2) is 4.99 Å². The van der Waals surface area contributed by atoms with Gasteiger partial charge in [0.2, 0.25) is 0 Å². The summed E-state index contributed by atoms with van der Waals surface area (Å²) in [7, 11) is -2.82. The van der Waals surface area contributed by atoms with Crippen LogP contribution in [0.4, 0.5) is 0 Å². The number of nitrogens with one attached hydrogen (secondary N) is 2. The van der Waals surface area contributed by atoms with Gasteiger partial charge >= 0.3 is 0 Å². The van der Waals surface area contributed by atoms with Crippen LogP contribution in [-0.2, 0) is 14.6 Å². The molecule has 130 valence electrons. The van der Waals surface area contributed by atoms with Gasteiger partial charge in [0, 0.05) is 32.8 Å². The van der Waals surface area contributed by atoms with Gasteiger partial charge in [-0.15, -0.1) is 0 Å². The van der Waals surface area contributed by atoms with Crippen LogP contribution in [-0.4, -0.2) is 58.7 Å². The number of aliphatic imine (C=N–C) groups is 1. The predicted octanol–water partition coefficient (Wildman–Crippen LogP) is 1.18. The van der Waals surface area contributed by atoms with Crippen molar-refractivity contribution >= 4 is 15.8 Å². The lowest BCUT2D eigenvalue weighted by Crippen LogP contribution is -2.39. The van der Waals surface area contributed by atoms with Gasteiger partial charge in [0.05, 0.1) is 11.5 Å². The van der Waals surface area contributed by atoms with E-state index in [9.17, 15) is 8.42 Å². The average Bonchev–Trinajstić information content (AvgIpc) is 2.83. The summed E-state index contributed by atoms with van der Waals surface area (Å²) in [4.78, 5) is 4.55. The van der Waals surface area contributed by atoms with Crippen LogP contribution in [0.5, 0.6) is 0 Å². The minimum atomic E-state index is -2.82. The first-order valence-corrected chi connectivity index (χ1v) is 10.2. The van der Waals surface area contributed by atoms with E-state index < -0.39 is 9.84 Å². The summed E-state index contributed by atoms with van der Waals surface area (Å²) in [6.45, 7) is 7.89. The topological polar surface area (TPSA) is 79.8 Å². The third-order valence-corrected chi connectivity index (χ3v) is 5.46. The van der Waals surface area contributed by atoms with Crippen molar-refractivity contribution in [2.45, 2.75) is 39.5 Å². The maximum atomic E-state index is 11.5. The van der Waals surface area contributed by atoms with Crippen molar-refractivity contribution in [3.8, 4) is 0 Å². The Morgan fingerprint density at radius 3 is 2.55 bits per heavy atom. The van der Waals surface area contributed by atoms with Gasteiger partial charge in [-0.25, -0.2) is 8.42 Å². The van der Waals surface area contributed by atoms with Crippen LogP contribution in [0.3, 0.4) is 0 Å². The SMILES string of the molecule is CCCCNC(=NC[C@H]1CCS(=O)(=O)C1)NCCCOCC. The maximum absolute atomic E-state index is 11.5. The molecule has 0 bridgehead atoms. The molecule has 0 amide bonds. The van der Waals surface area contributed by atoms with Crippen LogP contribution < -0.4 is 10.6 Å². The molecule has 1 heterocycles. The largest absolute Gasteiger partial charge is 0.382 e. The van der Waals surface area contributed by atoms with Gasteiger partial charge in [-0.3, -0.25) is 4.99 Å². The van der Waals surface area contributed by atoms with Crippen LogP contribution in [0.25, 0.3) is 0 Å². The lowest BCUT2D eigenvalue weighted by Gasteiger charge is -2.13. The van der Waals surface area contributed by atoms with E-state index in [1.807, 2.05) is 6.92 Å². The Hall–Kier alpha value is -0.820. The Labute approximate surface area is 135 Å². The van der Waals surface area contributed by atoms with Crippen molar-refractivity contribution in [2.75, 3.05) is 44.4 Å². The van der Waals surface area contributed by atoms with E-state index in [1.165, 1.54) is 0 Å². The number of hydrogen-bond acceptors (Lipinski definition) is 4. The van der Waals surface area contributed by atoms with Gasteiger partial charge in [-0.2, -0.15) is 0 Å². The highest BCUT2D eigenvalue weighted by atomic mass is 32.2. The molecule has 0 unspecified atom stereocenters. The number of sulfone groups is 1. The van der Waals surface area contributed by atoms with Gasteiger partial charge in [-0.05, 0) is 32.1 Å². The molecule has 6 nitrogen and oxygen atoms in total. The quantitative estimate of drug-likeness (QED) is 0.356. The lowest BCUT2D eigenvalue weighted by molar-refractivity contribution is 0.145. The van der Waals surface area contributed by atoms with E-state index in [2.05, 4.69) is 22.5 Å². The molecule has 1 saturated heterocycles. The van der Waals surface area contributed by atoms with E-state index >= 15 is 0 Å². The zero-order valence-corrected chi connectivity index (χ0v) is 14.8. The Balaban J connectivity index is 2.36. The molecule has 0 aromatic heterocycles. The standard InChI is InChI=1S/C15H31N3O3S/c1-3-5-8-16-15(17-9-6-10-21-4-2)18-12-14-7-11-22(19,20)13-14/h14H,3-13H2,1-2H3,(H2,16,17,18)/t14-/m1/s1. The number of hydrogen-bond donors (Lipinski definition) is 2. The van der Waals surface area contributed by atoms with E-state index in [0.717, 1.165) is 57.9 Å². The zero-order chi connectivity index (χ0) is 16.3. The molecule has 1 fully saturated rings. The van der Waals surface area contributed by atoms with E-state index in [1.54, 1.807) is 0 Å². The second-order valence-corrected chi connectivity index (χ2v) is 7.94. The summed E-state index contributed by atoms with van der Waals surface area (Å²) >= 11 is 0. The Morgan fingerprint density at radius 2 is 1.95 bits per heavy atom. The lowest BCUT2D eigenvalue weighted by atomic mass is 10.1. The molecule has 0 saturated carbocycles. The molecule has 0 spiro atoms. The Morgan fingerprint density at radius 1 is 1.23 bits per heavy atom. The molecule has 1 aliphatic rings.